The van der Waals surface area contributed by atoms with E-state index >= 15 is 0 Å². The van der Waals surface area contributed by atoms with Gasteiger partial charge in [0.1, 0.15) is 35.0 Å². The number of aromatic nitrogens is 4. The van der Waals surface area contributed by atoms with E-state index in [9.17, 15) is 19.1 Å². The lowest BCUT2D eigenvalue weighted by Gasteiger charge is -2.30. The Labute approximate surface area is 217 Å². The summed E-state index contributed by atoms with van der Waals surface area (Å²) in [7, 11) is 1.38. The predicted octanol–water partition coefficient (Wildman–Crippen LogP) is 3.47. The molecule has 196 valence electrons. The number of hydrogen-bond acceptors (Lipinski definition) is 7. The second-order valence-electron chi connectivity index (χ2n) is 8.97. The third kappa shape index (κ3) is 4.67. The van der Waals surface area contributed by atoms with Gasteiger partial charge in [-0.25, -0.2) is 23.8 Å². The Balaban J connectivity index is 1.39. The Bertz CT molecular complexity index is 1510. The minimum Gasteiger partial charge on any atom is -0.496 e. The molecule has 11 nitrogen and oxygen atoms in total. The Morgan fingerprint density at radius 3 is 2.74 bits per heavy atom. The molecule has 12 heteroatoms. The van der Waals surface area contributed by atoms with E-state index in [0.29, 0.717) is 36.2 Å². The molecule has 1 saturated heterocycles. The van der Waals surface area contributed by atoms with Gasteiger partial charge in [0.15, 0.2) is 5.65 Å². The number of fused-ring (bicyclic) bond motifs is 1. The van der Waals surface area contributed by atoms with Crippen molar-refractivity contribution in [1.29, 1.82) is 0 Å². The van der Waals surface area contributed by atoms with Gasteiger partial charge in [-0.15, -0.1) is 0 Å². The SMILES string of the molecule is COc1cccc(F)c1C(=O)NCc1ccc(-c2nn([C@@H]3CCCN(C(=O)O)C3)c3ncnc(N)c23)cc1. The smallest absolute Gasteiger partial charge is 0.407 e. The zero-order chi connectivity index (χ0) is 26.8. The first-order valence-corrected chi connectivity index (χ1v) is 12.0. The molecule has 2 aromatic carbocycles. The van der Waals surface area contributed by atoms with Crippen LogP contribution in [0.15, 0.2) is 48.8 Å². The maximum Gasteiger partial charge on any atom is 0.407 e. The molecule has 1 fully saturated rings. The van der Waals surface area contributed by atoms with Gasteiger partial charge < -0.3 is 25.8 Å². The van der Waals surface area contributed by atoms with Crippen LogP contribution in [-0.2, 0) is 6.54 Å². The highest BCUT2D eigenvalue weighted by Crippen LogP contribution is 2.34. The number of anilines is 1. The van der Waals surface area contributed by atoms with Crippen LogP contribution in [0.3, 0.4) is 0 Å². The summed E-state index contributed by atoms with van der Waals surface area (Å²) in [5.41, 5.74) is 8.73. The molecule has 1 aliphatic rings. The molecule has 0 bridgehead atoms. The number of carboxylic acid groups (broad SMARTS) is 1. The summed E-state index contributed by atoms with van der Waals surface area (Å²) < 4.78 is 21.1. The Hall–Kier alpha value is -4.74. The molecule has 0 unspecified atom stereocenters. The molecule has 0 aliphatic carbocycles. The van der Waals surface area contributed by atoms with Gasteiger partial charge in [0.2, 0.25) is 0 Å². The third-order valence-electron chi connectivity index (χ3n) is 6.63. The summed E-state index contributed by atoms with van der Waals surface area (Å²) in [5.74, 6) is -0.813. The van der Waals surface area contributed by atoms with Crippen molar-refractivity contribution in [3.63, 3.8) is 0 Å². The molecule has 0 saturated carbocycles. The normalized spacial score (nSPS) is 15.4. The number of carbonyl (C=O) groups excluding carboxylic acids is 1. The molecule has 1 aliphatic heterocycles. The van der Waals surface area contributed by atoms with Crippen LogP contribution in [0.2, 0.25) is 0 Å². The molecule has 4 N–H and O–H groups in total. The number of ether oxygens (including phenoxy) is 1. The van der Waals surface area contributed by atoms with Gasteiger partial charge in [0, 0.05) is 25.2 Å². The number of nitrogen functional groups attached to an aromatic ring is 1. The first-order valence-electron chi connectivity index (χ1n) is 12.0. The number of nitrogens with two attached hydrogens (primary N) is 1. The number of nitrogens with zero attached hydrogens (tertiary/aromatic N) is 5. The van der Waals surface area contributed by atoms with Gasteiger partial charge >= 0.3 is 6.09 Å². The molecule has 0 radical (unpaired) electrons. The number of hydrogen-bond donors (Lipinski definition) is 3. The van der Waals surface area contributed by atoms with Crippen molar-refractivity contribution in [2.75, 3.05) is 25.9 Å². The number of amides is 2. The lowest BCUT2D eigenvalue weighted by molar-refractivity contribution is 0.0943. The molecule has 0 spiro atoms. The van der Waals surface area contributed by atoms with Crippen LogP contribution in [0.25, 0.3) is 22.3 Å². The molecule has 1 atom stereocenters. The summed E-state index contributed by atoms with van der Waals surface area (Å²) in [5, 5.41) is 17.6. The van der Waals surface area contributed by atoms with Crippen molar-refractivity contribution in [1.82, 2.24) is 30.0 Å². The molecule has 3 heterocycles. The van der Waals surface area contributed by atoms with Crippen LogP contribution in [-0.4, -0.2) is 62.0 Å². The van der Waals surface area contributed by atoms with Crippen LogP contribution in [0, 0.1) is 5.82 Å². The second-order valence-corrected chi connectivity index (χ2v) is 8.97. The van der Waals surface area contributed by atoms with Crippen molar-refractivity contribution in [3.05, 3.63) is 65.7 Å². The largest absolute Gasteiger partial charge is 0.496 e. The summed E-state index contributed by atoms with van der Waals surface area (Å²) in [6.07, 6.45) is 1.88. The van der Waals surface area contributed by atoms with Gasteiger partial charge in [-0.05, 0) is 30.5 Å². The molecule has 2 aromatic heterocycles. The fourth-order valence-electron chi connectivity index (χ4n) is 4.73. The third-order valence-corrected chi connectivity index (χ3v) is 6.63. The minimum atomic E-state index is -0.961. The molecule has 2 amide bonds. The average molecular weight is 520 g/mol. The van der Waals surface area contributed by atoms with Gasteiger partial charge in [0.05, 0.1) is 18.5 Å². The van der Waals surface area contributed by atoms with Crippen LogP contribution in [0.1, 0.15) is 34.8 Å². The number of nitrogens with one attached hydrogen (secondary N) is 1. The number of piperidine rings is 1. The highest BCUT2D eigenvalue weighted by molar-refractivity contribution is 5.98. The van der Waals surface area contributed by atoms with E-state index in [4.69, 9.17) is 15.6 Å². The van der Waals surface area contributed by atoms with E-state index in [-0.39, 0.29) is 29.7 Å². The minimum absolute atomic E-state index is 0.150. The van der Waals surface area contributed by atoms with E-state index in [1.165, 1.54) is 36.5 Å². The number of likely N-dealkylation sites (tertiary alicyclic amines) is 1. The summed E-state index contributed by atoms with van der Waals surface area (Å²) >= 11 is 0. The summed E-state index contributed by atoms with van der Waals surface area (Å²) in [6, 6.07) is 11.4. The average Bonchev–Trinajstić information content (AvgIpc) is 3.33. The summed E-state index contributed by atoms with van der Waals surface area (Å²) in [6.45, 7) is 0.960. The Morgan fingerprint density at radius 1 is 1.21 bits per heavy atom. The maximum atomic E-state index is 14.2. The van der Waals surface area contributed by atoms with E-state index < -0.39 is 17.8 Å². The lowest BCUT2D eigenvalue weighted by Crippen LogP contribution is -2.40. The van der Waals surface area contributed by atoms with E-state index in [1.54, 1.807) is 4.68 Å². The van der Waals surface area contributed by atoms with Gasteiger partial charge in [-0.1, -0.05) is 30.3 Å². The van der Waals surface area contributed by atoms with Gasteiger partial charge in [-0.3, -0.25) is 4.79 Å². The van der Waals surface area contributed by atoms with Gasteiger partial charge in [0.25, 0.3) is 5.91 Å². The van der Waals surface area contributed by atoms with Crippen molar-refractivity contribution in [2.45, 2.75) is 25.4 Å². The first-order chi connectivity index (χ1) is 18.4. The number of rotatable bonds is 6. The standard InChI is InChI=1S/C26H26FN7O4/c1-38-19-6-2-5-18(27)20(19)25(35)29-12-15-7-9-16(10-8-15)22-21-23(28)30-14-31-24(21)34(32-22)17-4-3-11-33(13-17)26(36)37/h2,5-10,14,17H,3-4,11-13H2,1H3,(H,29,35)(H,36,37)(H2,28,30,31)/t17-/m1/s1. The van der Waals surface area contributed by atoms with Crippen molar-refractivity contribution < 1.29 is 23.8 Å². The molecule has 38 heavy (non-hydrogen) atoms. The number of benzene rings is 2. The van der Waals surface area contributed by atoms with Crippen LogP contribution in [0.5, 0.6) is 5.75 Å². The fourth-order valence-corrected chi connectivity index (χ4v) is 4.73. The van der Waals surface area contributed by atoms with Crippen LogP contribution in [0.4, 0.5) is 15.0 Å². The quantitative estimate of drug-likeness (QED) is 0.351. The van der Waals surface area contributed by atoms with Gasteiger partial charge in [-0.2, -0.15) is 5.10 Å². The Kier molecular flexibility index (Phi) is 6.77. The number of carbonyl (C=O) groups is 2. The zero-order valence-electron chi connectivity index (χ0n) is 20.6. The number of halogens is 1. The lowest BCUT2D eigenvalue weighted by atomic mass is 10.1. The van der Waals surface area contributed by atoms with E-state index in [1.807, 2.05) is 24.3 Å². The second kappa shape index (κ2) is 10.3. The maximum absolute atomic E-state index is 14.2. The summed E-state index contributed by atoms with van der Waals surface area (Å²) in [4.78, 5) is 34.0. The van der Waals surface area contributed by atoms with Crippen LogP contribution >= 0.6 is 0 Å². The topological polar surface area (TPSA) is 148 Å². The van der Waals surface area contributed by atoms with Crippen LogP contribution < -0.4 is 15.8 Å². The highest BCUT2D eigenvalue weighted by atomic mass is 19.1. The predicted molar refractivity (Wildman–Crippen MR) is 137 cm³/mol. The molecular formula is C26H26FN7O4. The van der Waals surface area contributed by atoms with E-state index in [0.717, 1.165) is 17.5 Å². The molecule has 5 rings (SSSR count). The van der Waals surface area contributed by atoms with Crippen molar-refractivity contribution >= 4 is 28.9 Å². The monoisotopic (exact) mass is 519 g/mol. The van der Waals surface area contributed by atoms with E-state index in [2.05, 4.69) is 15.3 Å². The molecule has 4 aromatic rings. The number of methoxy groups -OCH3 is 1. The first kappa shape index (κ1) is 24.9. The van der Waals surface area contributed by atoms with Crippen molar-refractivity contribution in [3.8, 4) is 17.0 Å². The molecular weight excluding hydrogens is 493 g/mol. The fraction of sp³-hybridized carbons (Fsp3) is 0.269. The highest BCUT2D eigenvalue weighted by Gasteiger charge is 2.28. The zero-order valence-corrected chi connectivity index (χ0v) is 20.6. The Morgan fingerprint density at radius 2 is 2.00 bits per heavy atom. The van der Waals surface area contributed by atoms with Crippen molar-refractivity contribution in [2.24, 2.45) is 0 Å².